The van der Waals surface area contributed by atoms with E-state index in [1.165, 1.54) is 0 Å². The minimum Gasteiger partial charge on any atom is -0.481 e. The molecule has 0 spiro atoms. The molecule has 16 heavy (non-hydrogen) atoms. The monoisotopic (exact) mass is 255 g/mol. The average molecular weight is 255 g/mol. The van der Waals surface area contributed by atoms with Crippen molar-refractivity contribution >= 4 is 26.2 Å². The molecule has 0 aliphatic heterocycles. The van der Waals surface area contributed by atoms with Crippen molar-refractivity contribution in [1.29, 1.82) is 0 Å². The summed E-state index contributed by atoms with van der Waals surface area (Å²) >= 11 is 0. The van der Waals surface area contributed by atoms with E-state index in [0.717, 1.165) is 0 Å². The number of carboxylic acids is 2. The molecule has 0 aliphatic rings. The first-order valence-corrected chi connectivity index (χ1v) is 4.85. The van der Waals surface area contributed by atoms with Crippen molar-refractivity contribution in [2.45, 2.75) is 18.4 Å². The van der Waals surface area contributed by atoms with Crippen molar-refractivity contribution in [1.82, 2.24) is 0 Å². The van der Waals surface area contributed by atoms with Crippen molar-refractivity contribution in [2.75, 3.05) is 0 Å². The van der Waals surface area contributed by atoms with Gasteiger partial charge in [-0.1, -0.05) is 0 Å². The Balaban J connectivity index is 4.68. The van der Waals surface area contributed by atoms with Crippen molar-refractivity contribution in [2.24, 2.45) is 0 Å². The molecule has 4 N–H and O–H groups in total. The molecule has 0 aliphatic carbocycles. The van der Waals surface area contributed by atoms with Gasteiger partial charge in [0, 0.05) is 4.57 Å². The Morgan fingerprint density at radius 3 is 2.00 bits per heavy atom. The third-order valence-corrected chi connectivity index (χ3v) is 1.82. The van der Waals surface area contributed by atoms with Gasteiger partial charge >= 0.3 is 26.2 Å². The molecular weight excluding hydrogens is 247 g/mol. The molecule has 2 unspecified atom stereocenters. The van der Waals surface area contributed by atoms with Crippen molar-refractivity contribution < 1.29 is 43.7 Å². The van der Waals surface area contributed by atoms with Crippen molar-refractivity contribution in [3.63, 3.8) is 0 Å². The van der Waals surface area contributed by atoms with Crippen LogP contribution in [0.1, 0.15) is 12.8 Å². The van der Waals surface area contributed by atoms with E-state index >= 15 is 0 Å². The number of carbonyl (C=O) groups is 3. The van der Waals surface area contributed by atoms with Gasteiger partial charge in [-0.2, -0.15) is 4.52 Å². The quantitative estimate of drug-likeness (QED) is 0.430. The normalized spacial score (nSPS) is 14.8. The average Bonchev–Trinajstić information content (AvgIpc) is 1.98. The van der Waals surface area contributed by atoms with Gasteiger partial charge in [0.15, 0.2) is 5.60 Å². The van der Waals surface area contributed by atoms with Crippen LogP contribution in [0.5, 0.6) is 0 Å². The van der Waals surface area contributed by atoms with Crippen LogP contribution in [-0.2, 0) is 23.5 Å². The van der Waals surface area contributed by atoms with Crippen LogP contribution < -0.4 is 0 Å². The maximum absolute atomic E-state index is 10.8. The molecule has 0 amide bonds. The first-order chi connectivity index (χ1) is 7.17. The lowest BCUT2D eigenvalue weighted by Gasteiger charge is -2.18. The van der Waals surface area contributed by atoms with Crippen LogP contribution >= 0.6 is 8.25 Å². The summed E-state index contributed by atoms with van der Waals surface area (Å²) in [6.07, 6.45) is -2.48. The summed E-state index contributed by atoms with van der Waals surface area (Å²) in [4.78, 5) is 39.7. The summed E-state index contributed by atoms with van der Waals surface area (Å²) in [5.41, 5.74) is -2.87. The Hall–Kier alpha value is -1.57. The molecule has 0 aromatic rings. The number of carbonyl (C=O) groups excluding carboxylic acids is 1. The second-order valence-electron chi connectivity index (χ2n) is 2.79. The van der Waals surface area contributed by atoms with Crippen LogP contribution in [0.4, 0.5) is 0 Å². The number of carboxylic acid groups (broad SMARTS) is 2. The first-order valence-electron chi connectivity index (χ1n) is 3.72. The molecule has 9 nitrogen and oxygen atoms in total. The Kier molecular flexibility index (Phi) is 4.96. The molecule has 0 heterocycles. The highest BCUT2D eigenvalue weighted by atomic mass is 31.1. The molecule has 10 heteroatoms. The molecule has 0 fully saturated rings. The third-order valence-electron chi connectivity index (χ3n) is 1.46. The van der Waals surface area contributed by atoms with Gasteiger partial charge in [-0.15, -0.1) is 4.89 Å². The van der Waals surface area contributed by atoms with E-state index in [9.17, 15) is 24.1 Å². The molecular formula is C6H8O9P+. The summed E-state index contributed by atoms with van der Waals surface area (Å²) < 4.78 is 13.7. The SMILES string of the molecule is O=C(O)CC(O)(CC(=O)O[P+](=O)O)C(=O)O. The smallest absolute Gasteiger partial charge is 0.481 e. The van der Waals surface area contributed by atoms with E-state index < -0.39 is 44.6 Å². The molecule has 0 rings (SSSR count). The zero-order valence-electron chi connectivity index (χ0n) is 7.69. The van der Waals surface area contributed by atoms with Crippen LogP contribution in [0.25, 0.3) is 0 Å². The van der Waals surface area contributed by atoms with E-state index in [1.54, 1.807) is 0 Å². The molecule has 0 saturated carbocycles. The fourth-order valence-corrected chi connectivity index (χ4v) is 1.06. The highest BCUT2D eigenvalue weighted by Gasteiger charge is 2.43. The molecule has 0 aromatic carbocycles. The second-order valence-corrected chi connectivity index (χ2v) is 3.44. The van der Waals surface area contributed by atoms with Crippen LogP contribution in [0.3, 0.4) is 0 Å². The summed E-state index contributed by atoms with van der Waals surface area (Å²) in [6, 6.07) is 0. The molecule has 0 saturated heterocycles. The number of aliphatic hydroxyl groups is 1. The Bertz CT molecular complexity index is 337. The van der Waals surface area contributed by atoms with Gasteiger partial charge in [0.25, 0.3) is 0 Å². The van der Waals surface area contributed by atoms with Crippen molar-refractivity contribution in [3.8, 4) is 0 Å². The number of aliphatic carboxylic acids is 2. The lowest BCUT2D eigenvalue weighted by Crippen LogP contribution is -2.42. The van der Waals surface area contributed by atoms with Gasteiger partial charge in [-0.25, -0.2) is 9.59 Å². The van der Waals surface area contributed by atoms with E-state index in [-0.39, 0.29) is 0 Å². The number of hydrogen-bond acceptors (Lipinski definition) is 6. The maximum Gasteiger partial charge on any atom is 0.750 e. The fraction of sp³-hybridized carbons (Fsp3) is 0.500. The van der Waals surface area contributed by atoms with Crippen molar-refractivity contribution in [3.05, 3.63) is 0 Å². The van der Waals surface area contributed by atoms with Crippen LogP contribution in [0.15, 0.2) is 0 Å². The number of hydrogen-bond donors (Lipinski definition) is 4. The van der Waals surface area contributed by atoms with E-state index in [1.807, 2.05) is 0 Å². The van der Waals surface area contributed by atoms with Gasteiger partial charge in [0.1, 0.15) is 0 Å². The molecule has 0 bridgehead atoms. The Labute approximate surface area is 89.2 Å². The minimum atomic E-state index is -3.28. The predicted octanol–water partition coefficient (Wildman–Crippen LogP) is -1.14. The van der Waals surface area contributed by atoms with Crippen LogP contribution in [0.2, 0.25) is 0 Å². The lowest BCUT2D eigenvalue weighted by atomic mass is 9.96. The van der Waals surface area contributed by atoms with Crippen LogP contribution in [-0.4, -0.2) is 43.7 Å². The maximum atomic E-state index is 10.8. The highest BCUT2D eigenvalue weighted by Crippen LogP contribution is 2.22. The van der Waals surface area contributed by atoms with Gasteiger partial charge in [-0.3, -0.25) is 4.79 Å². The standard InChI is InChI=1S/C6H7O9P/c7-3(8)1-6(12,5(10)11)2-4(9)15-16(13)14/h12H,1-2H2,(H2-,7,8,10,11,13,14)/p+1. The third kappa shape index (κ3) is 4.78. The fourth-order valence-electron chi connectivity index (χ4n) is 0.822. The Morgan fingerprint density at radius 2 is 1.69 bits per heavy atom. The predicted molar refractivity (Wildman–Crippen MR) is 45.4 cm³/mol. The highest BCUT2D eigenvalue weighted by molar-refractivity contribution is 7.32. The summed E-state index contributed by atoms with van der Waals surface area (Å²) in [7, 11) is -3.28. The van der Waals surface area contributed by atoms with E-state index in [0.29, 0.717) is 0 Å². The van der Waals surface area contributed by atoms with Gasteiger partial charge < -0.3 is 15.3 Å². The zero-order chi connectivity index (χ0) is 12.9. The number of rotatable bonds is 6. The molecule has 2 atom stereocenters. The zero-order valence-corrected chi connectivity index (χ0v) is 8.59. The first kappa shape index (κ1) is 14.4. The topological polar surface area (TPSA) is 158 Å². The second kappa shape index (κ2) is 5.50. The van der Waals surface area contributed by atoms with E-state index in [4.69, 9.17) is 15.1 Å². The summed E-state index contributed by atoms with van der Waals surface area (Å²) in [5.74, 6) is -5.08. The van der Waals surface area contributed by atoms with Gasteiger partial charge in [-0.05, 0) is 0 Å². The lowest BCUT2D eigenvalue weighted by molar-refractivity contribution is -0.169. The largest absolute Gasteiger partial charge is 0.750 e. The Morgan fingerprint density at radius 1 is 1.19 bits per heavy atom. The van der Waals surface area contributed by atoms with Gasteiger partial charge in [0.2, 0.25) is 0 Å². The summed E-state index contributed by atoms with van der Waals surface area (Å²) in [6.45, 7) is 0. The van der Waals surface area contributed by atoms with Gasteiger partial charge in [0.05, 0.1) is 12.8 Å². The van der Waals surface area contributed by atoms with Crippen LogP contribution in [0, 0.1) is 0 Å². The molecule has 90 valence electrons. The molecule has 0 aromatic heterocycles. The molecule has 0 radical (unpaired) electrons. The summed E-state index contributed by atoms with van der Waals surface area (Å²) in [5, 5.41) is 26.1. The van der Waals surface area contributed by atoms with E-state index in [2.05, 4.69) is 4.52 Å². The minimum absolute atomic E-state index is 1.24.